The smallest absolute Gasteiger partial charge is 0.223 e. The van der Waals surface area contributed by atoms with Crippen LogP contribution in [0.5, 0.6) is 0 Å². The molecule has 0 spiro atoms. The Morgan fingerprint density at radius 3 is 2.05 bits per heavy atom. The van der Waals surface area contributed by atoms with Crippen molar-refractivity contribution in [3.8, 4) is 0 Å². The van der Waals surface area contributed by atoms with Gasteiger partial charge in [0.25, 0.3) is 0 Å². The van der Waals surface area contributed by atoms with E-state index in [2.05, 4.69) is 20.8 Å². The Labute approximate surface area is 132 Å². The van der Waals surface area contributed by atoms with Crippen LogP contribution in [0.4, 0.5) is 0 Å². The molecular weight excluding hydrogens is 314 g/mol. The quantitative estimate of drug-likeness (QED) is 0.513. The molecule has 2 aliphatic carbocycles. The highest BCUT2D eigenvalue weighted by Gasteiger charge is 2.26. The van der Waals surface area contributed by atoms with Gasteiger partial charge < -0.3 is 4.90 Å². The predicted molar refractivity (Wildman–Crippen MR) is 88.2 cm³/mol. The van der Waals surface area contributed by atoms with E-state index in [9.17, 15) is 4.79 Å². The fourth-order valence-corrected chi connectivity index (χ4v) is 4.31. The molecule has 0 saturated heterocycles. The van der Waals surface area contributed by atoms with Crippen molar-refractivity contribution < 1.29 is 4.79 Å². The van der Waals surface area contributed by atoms with Gasteiger partial charge in [-0.1, -0.05) is 60.9 Å². The van der Waals surface area contributed by atoms with Crippen LogP contribution < -0.4 is 0 Å². The van der Waals surface area contributed by atoms with Crippen LogP contribution in [0.1, 0.15) is 77.0 Å². The van der Waals surface area contributed by atoms with Gasteiger partial charge in [-0.2, -0.15) is 0 Å². The number of nitrogens with zero attached hydrogens (tertiary/aromatic N) is 1. The zero-order chi connectivity index (χ0) is 14.2. The number of hydrogen-bond donors (Lipinski definition) is 0. The van der Waals surface area contributed by atoms with Crippen molar-refractivity contribution >= 4 is 21.8 Å². The van der Waals surface area contributed by atoms with Gasteiger partial charge in [-0.05, 0) is 31.6 Å². The fraction of sp³-hybridized carbons (Fsp3) is 0.941. The van der Waals surface area contributed by atoms with Crippen LogP contribution in [0, 0.1) is 5.92 Å². The van der Waals surface area contributed by atoms with Crippen LogP contribution in [-0.2, 0) is 4.79 Å². The monoisotopic (exact) mass is 343 g/mol. The van der Waals surface area contributed by atoms with Crippen molar-refractivity contribution in [2.45, 2.75) is 83.1 Å². The molecule has 0 atom stereocenters. The minimum absolute atomic E-state index is 0.434. The number of rotatable bonds is 5. The van der Waals surface area contributed by atoms with Crippen molar-refractivity contribution in [1.82, 2.24) is 4.90 Å². The number of amides is 1. The van der Waals surface area contributed by atoms with Crippen molar-refractivity contribution in [2.75, 3.05) is 11.9 Å². The predicted octanol–water partition coefficient (Wildman–Crippen LogP) is 4.90. The van der Waals surface area contributed by atoms with Gasteiger partial charge in [-0.3, -0.25) is 4.79 Å². The average Bonchev–Trinajstić information content (AvgIpc) is 2.74. The molecule has 0 heterocycles. The first-order valence-corrected chi connectivity index (χ1v) is 9.79. The average molecular weight is 344 g/mol. The second-order valence-corrected chi connectivity index (χ2v) is 7.42. The minimum atomic E-state index is 0.434. The zero-order valence-corrected chi connectivity index (χ0v) is 14.4. The largest absolute Gasteiger partial charge is 0.339 e. The molecule has 20 heavy (non-hydrogen) atoms. The normalized spacial score (nSPS) is 22.4. The Morgan fingerprint density at radius 2 is 1.45 bits per heavy atom. The van der Waals surface area contributed by atoms with Gasteiger partial charge in [0, 0.05) is 24.3 Å². The summed E-state index contributed by atoms with van der Waals surface area (Å²) in [5, 5.41) is 0.917. The number of carbonyl (C=O) groups is 1. The van der Waals surface area contributed by atoms with Crippen molar-refractivity contribution in [3.05, 3.63) is 0 Å². The lowest BCUT2D eigenvalue weighted by Gasteiger charge is -2.35. The minimum Gasteiger partial charge on any atom is -0.339 e. The summed E-state index contributed by atoms with van der Waals surface area (Å²) in [6, 6.07) is 0.527. The molecule has 2 saturated carbocycles. The number of carbonyl (C=O) groups excluding carboxylic acids is 1. The summed E-state index contributed by atoms with van der Waals surface area (Å²) in [5.74, 6) is 1.09. The third-order valence-electron chi connectivity index (χ3n) is 5.10. The summed E-state index contributed by atoms with van der Waals surface area (Å²) in [4.78, 5) is 14.9. The SMILES string of the molecule is O=C(CC1CCCCCC1)N(CCBr)C1CCCCC1. The first kappa shape index (κ1) is 16.3. The van der Waals surface area contributed by atoms with E-state index in [-0.39, 0.29) is 0 Å². The van der Waals surface area contributed by atoms with Crippen LogP contribution in [0.25, 0.3) is 0 Å². The summed E-state index contributed by atoms with van der Waals surface area (Å²) in [6.45, 7) is 0.899. The fourth-order valence-electron chi connectivity index (χ4n) is 3.93. The maximum atomic E-state index is 12.7. The lowest BCUT2D eigenvalue weighted by Crippen LogP contribution is -2.43. The Morgan fingerprint density at radius 1 is 0.900 bits per heavy atom. The molecule has 0 N–H and O–H groups in total. The lowest BCUT2D eigenvalue weighted by atomic mass is 9.92. The Bertz CT molecular complexity index is 281. The molecule has 1 amide bonds. The van der Waals surface area contributed by atoms with Crippen molar-refractivity contribution in [3.63, 3.8) is 0 Å². The van der Waals surface area contributed by atoms with Gasteiger partial charge in [-0.25, -0.2) is 0 Å². The second kappa shape index (κ2) is 9.07. The molecule has 0 aromatic carbocycles. The van der Waals surface area contributed by atoms with Crippen molar-refractivity contribution in [1.29, 1.82) is 0 Å². The van der Waals surface area contributed by atoms with Gasteiger partial charge >= 0.3 is 0 Å². The molecule has 0 aromatic heterocycles. The zero-order valence-electron chi connectivity index (χ0n) is 12.8. The topological polar surface area (TPSA) is 20.3 Å². The summed E-state index contributed by atoms with van der Waals surface area (Å²) in [7, 11) is 0. The number of halogens is 1. The molecule has 3 heteroatoms. The first-order valence-electron chi connectivity index (χ1n) is 8.66. The Kier molecular flexibility index (Phi) is 7.40. The van der Waals surface area contributed by atoms with E-state index in [0.717, 1.165) is 18.3 Å². The van der Waals surface area contributed by atoms with Crippen LogP contribution in [0.2, 0.25) is 0 Å². The van der Waals surface area contributed by atoms with E-state index in [4.69, 9.17) is 0 Å². The Hall–Kier alpha value is -0.0500. The molecule has 0 aliphatic heterocycles. The molecule has 2 nitrogen and oxygen atoms in total. The number of hydrogen-bond acceptors (Lipinski definition) is 1. The van der Waals surface area contributed by atoms with Crippen LogP contribution in [0.3, 0.4) is 0 Å². The standard InChI is InChI=1S/C17H30BrNO/c18-12-13-19(16-10-6-3-7-11-16)17(20)14-15-8-4-1-2-5-9-15/h15-16H,1-14H2. The van der Waals surface area contributed by atoms with Crippen LogP contribution >= 0.6 is 15.9 Å². The molecule has 0 aromatic rings. The maximum absolute atomic E-state index is 12.7. The molecule has 2 aliphatic rings. The van der Waals surface area contributed by atoms with Crippen LogP contribution in [0.15, 0.2) is 0 Å². The molecule has 0 unspecified atom stereocenters. The molecule has 2 fully saturated rings. The van der Waals surface area contributed by atoms with E-state index in [1.807, 2.05) is 0 Å². The van der Waals surface area contributed by atoms with E-state index in [0.29, 0.717) is 17.9 Å². The highest BCUT2D eigenvalue weighted by atomic mass is 79.9. The number of alkyl halides is 1. The van der Waals surface area contributed by atoms with E-state index >= 15 is 0 Å². The molecule has 116 valence electrons. The van der Waals surface area contributed by atoms with Gasteiger partial charge in [0.15, 0.2) is 0 Å². The van der Waals surface area contributed by atoms with Crippen molar-refractivity contribution in [2.24, 2.45) is 5.92 Å². The maximum Gasteiger partial charge on any atom is 0.223 e. The first-order chi connectivity index (χ1) is 9.81. The summed E-state index contributed by atoms with van der Waals surface area (Å²) in [6.07, 6.45) is 15.2. The van der Waals surface area contributed by atoms with Crippen LogP contribution in [-0.4, -0.2) is 28.7 Å². The van der Waals surface area contributed by atoms with Gasteiger partial charge in [0.1, 0.15) is 0 Å². The Balaban J connectivity index is 1.87. The highest BCUT2D eigenvalue weighted by Crippen LogP contribution is 2.28. The van der Waals surface area contributed by atoms with Gasteiger partial charge in [-0.15, -0.1) is 0 Å². The van der Waals surface area contributed by atoms with E-state index in [1.165, 1.54) is 70.6 Å². The summed E-state index contributed by atoms with van der Waals surface area (Å²) in [5.41, 5.74) is 0. The summed E-state index contributed by atoms with van der Waals surface area (Å²) >= 11 is 3.53. The second-order valence-electron chi connectivity index (χ2n) is 6.63. The molecule has 0 radical (unpaired) electrons. The van der Waals surface area contributed by atoms with Gasteiger partial charge in [0.05, 0.1) is 0 Å². The van der Waals surface area contributed by atoms with Gasteiger partial charge in [0.2, 0.25) is 5.91 Å². The third-order valence-corrected chi connectivity index (χ3v) is 5.45. The lowest BCUT2D eigenvalue weighted by molar-refractivity contribution is -0.135. The third kappa shape index (κ3) is 5.05. The summed E-state index contributed by atoms with van der Waals surface area (Å²) < 4.78 is 0. The molecule has 0 bridgehead atoms. The highest BCUT2D eigenvalue weighted by molar-refractivity contribution is 9.09. The molecule has 2 rings (SSSR count). The molecular formula is C17H30BrNO. The van der Waals surface area contributed by atoms with E-state index < -0.39 is 0 Å². The van der Waals surface area contributed by atoms with E-state index in [1.54, 1.807) is 0 Å².